The Labute approximate surface area is 101 Å². The molecule has 2 rings (SSSR count). The van der Waals surface area contributed by atoms with Crippen molar-refractivity contribution in [3.8, 4) is 5.75 Å². The molecule has 1 aromatic carbocycles. The van der Waals surface area contributed by atoms with Crippen LogP contribution < -0.4 is 0 Å². The van der Waals surface area contributed by atoms with Gasteiger partial charge in [-0.25, -0.2) is 0 Å². The molecule has 1 fully saturated rings. The molecule has 3 unspecified atom stereocenters. The van der Waals surface area contributed by atoms with E-state index in [0.29, 0.717) is 11.7 Å². The number of hydrogen-bond donors (Lipinski definition) is 2. The second kappa shape index (κ2) is 4.40. The highest BCUT2D eigenvalue weighted by Gasteiger charge is 2.46. The molecule has 0 aromatic heterocycles. The second-order valence-electron chi connectivity index (χ2n) is 5.10. The minimum absolute atomic E-state index is 0.170. The molecule has 0 spiro atoms. The lowest BCUT2D eigenvalue weighted by Gasteiger charge is -2.14. The van der Waals surface area contributed by atoms with Crippen molar-refractivity contribution in [2.45, 2.75) is 26.7 Å². The maximum atomic E-state index is 10.8. The lowest BCUT2D eigenvalue weighted by molar-refractivity contribution is -0.139. The third-order valence-electron chi connectivity index (χ3n) is 3.80. The molecule has 1 saturated carbocycles. The summed E-state index contributed by atoms with van der Waals surface area (Å²) < 4.78 is 0. The van der Waals surface area contributed by atoms with Crippen LogP contribution in [0.5, 0.6) is 5.75 Å². The van der Waals surface area contributed by atoms with Gasteiger partial charge in [-0.15, -0.1) is 0 Å². The van der Waals surface area contributed by atoms with Crippen molar-refractivity contribution < 1.29 is 15.0 Å². The molecular formula is C14H18O3. The molecule has 1 aliphatic carbocycles. The molecule has 0 bridgehead atoms. The van der Waals surface area contributed by atoms with Gasteiger partial charge in [-0.05, 0) is 48.8 Å². The van der Waals surface area contributed by atoms with Gasteiger partial charge in [0.2, 0.25) is 0 Å². The summed E-state index contributed by atoms with van der Waals surface area (Å²) in [7, 11) is 0. The standard InChI is InChI=1S/C14H18O3/c1-8-4-3-5-13(15)11(8)6-9(2)10-7-12(10)14(16)17/h3-5,9-10,12,15H,6-7H2,1-2H3,(H,16,17). The van der Waals surface area contributed by atoms with E-state index in [1.807, 2.05) is 19.1 Å². The van der Waals surface area contributed by atoms with Gasteiger partial charge in [-0.1, -0.05) is 19.1 Å². The van der Waals surface area contributed by atoms with Crippen molar-refractivity contribution in [3.63, 3.8) is 0 Å². The van der Waals surface area contributed by atoms with Gasteiger partial charge >= 0.3 is 5.97 Å². The van der Waals surface area contributed by atoms with Crippen LogP contribution in [0.15, 0.2) is 18.2 Å². The van der Waals surface area contributed by atoms with Gasteiger partial charge in [0, 0.05) is 0 Å². The quantitative estimate of drug-likeness (QED) is 0.841. The summed E-state index contributed by atoms with van der Waals surface area (Å²) in [6.45, 7) is 4.04. The molecule has 1 aromatic rings. The first-order chi connectivity index (χ1) is 8.00. The number of carbonyl (C=O) groups is 1. The molecule has 1 aliphatic rings. The van der Waals surface area contributed by atoms with E-state index in [1.54, 1.807) is 6.07 Å². The number of carboxylic acid groups (broad SMARTS) is 1. The Morgan fingerprint density at radius 1 is 1.53 bits per heavy atom. The van der Waals surface area contributed by atoms with Crippen LogP contribution in [0.2, 0.25) is 0 Å². The van der Waals surface area contributed by atoms with E-state index < -0.39 is 5.97 Å². The largest absolute Gasteiger partial charge is 0.508 e. The van der Waals surface area contributed by atoms with E-state index in [2.05, 4.69) is 6.92 Å². The number of aryl methyl sites for hydroxylation is 1. The van der Waals surface area contributed by atoms with E-state index in [1.165, 1.54) is 0 Å². The number of phenols is 1. The molecule has 3 atom stereocenters. The van der Waals surface area contributed by atoms with Crippen LogP contribution in [0.1, 0.15) is 24.5 Å². The second-order valence-corrected chi connectivity index (χ2v) is 5.10. The van der Waals surface area contributed by atoms with Crippen LogP contribution in [0.4, 0.5) is 0 Å². The molecule has 2 N–H and O–H groups in total. The highest BCUT2D eigenvalue weighted by atomic mass is 16.4. The zero-order valence-electron chi connectivity index (χ0n) is 10.2. The summed E-state index contributed by atoms with van der Waals surface area (Å²) >= 11 is 0. The van der Waals surface area contributed by atoms with Crippen molar-refractivity contribution in [1.82, 2.24) is 0 Å². The Balaban J connectivity index is 2.04. The first kappa shape index (κ1) is 12.0. The molecule has 3 heteroatoms. The molecule has 0 radical (unpaired) electrons. The molecule has 0 heterocycles. The van der Waals surface area contributed by atoms with Crippen molar-refractivity contribution in [2.75, 3.05) is 0 Å². The van der Waals surface area contributed by atoms with E-state index in [-0.39, 0.29) is 11.8 Å². The fraction of sp³-hybridized carbons (Fsp3) is 0.500. The van der Waals surface area contributed by atoms with E-state index in [9.17, 15) is 9.90 Å². The van der Waals surface area contributed by atoms with Crippen LogP contribution >= 0.6 is 0 Å². The van der Waals surface area contributed by atoms with Gasteiger partial charge in [0.1, 0.15) is 5.75 Å². The molecule has 17 heavy (non-hydrogen) atoms. The van der Waals surface area contributed by atoms with Crippen LogP contribution in [0.25, 0.3) is 0 Å². The Hall–Kier alpha value is -1.51. The van der Waals surface area contributed by atoms with E-state index in [4.69, 9.17) is 5.11 Å². The van der Waals surface area contributed by atoms with Crippen LogP contribution in [-0.2, 0) is 11.2 Å². The number of carboxylic acids is 1. The number of aliphatic carboxylic acids is 1. The van der Waals surface area contributed by atoms with Crippen molar-refractivity contribution in [3.05, 3.63) is 29.3 Å². The van der Waals surface area contributed by atoms with Gasteiger partial charge in [-0.2, -0.15) is 0 Å². The van der Waals surface area contributed by atoms with Crippen LogP contribution in [0.3, 0.4) is 0 Å². The average Bonchev–Trinajstić information content (AvgIpc) is 3.03. The third kappa shape index (κ3) is 2.43. The molecular weight excluding hydrogens is 216 g/mol. The number of rotatable bonds is 4. The molecule has 3 nitrogen and oxygen atoms in total. The van der Waals surface area contributed by atoms with Gasteiger partial charge in [0.25, 0.3) is 0 Å². The predicted octanol–water partition coefficient (Wildman–Crippen LogP) is 2.60. The normalized spacial score (nSPS) is 24.4. The van der Waals surface area contributed by atoms with Gasteiger partial charge < -0.3 is 10.2 Å². The molecule has 0 amide bonds. The fourth-order valence-corrected chi connectivity index (χ4v) is 2.55. The lowest BCUT2D eigenvalue weighted by atomic mass is 9.92. The summed E-state index contributed by atoms with van der Waals surface area (Å²) in [6.07, 6.45) is 1.54. The number of benzene rings is 1. The van der Waals surface area contributed by atoms with Gasteiger partial charge in [-0.3, -0.25) is 4.79 Å². The highest BCUT2D eigenvalue weighted by molar-refractivity contribution is 5.73. The van der Waals surface area contributed by atoms with Crippen molar-refractivity contribution >= 4 is 5.97 Å². The van der Waals surface area contributed by atoms with Crippen molar-refractivity contribution in [1.29, 1.82) is 0 Å². The summed E-state index contributed by atoms with van der Waals surface area (Å²) in [5.74, 6) is 0.0472. The first-order valence-electron chi connectivity index (χ1n) is 6.01. The summed E-state index contributed by atoms with van der Waals surface area (Å²) in [4.78, 5) is 10.8. The lowest BCUT2D eigenvalue weighted by Crippen LogP contribution is -2.09. The highest BCUT2D eigenvalue weighted by Crippen LogP contribution is 2.46. The Morgan fingerprint density at radius 3 is 2.76 bits per heavy atom. The fourth-order valence-electron chi connectivity index (χ4n) is 2.55. The number of phenolic OH excluding ortho intramolecular Hbond substituents is 1. The average molecular weight is 234 g/mol. The minimum Gasteiger partial charge on any atom is -0.508 e. The predicted molar refractivity (Wildman–Crippen MR) is 64.9 cm³/mol. The zero-order valence-corrected chi connectivity index (χ0v) is 10.2. The number of aromatic hydroxyl groups is 1. The third-order valence-corrected chi connectivity index (χ3v) is 3.80. The van der Waals surface area contributed by atoms with E-state index >= 15 is 0 Å². The summed E-state index contributed by atoms with van der Waals surface area (Å²) in [5, 5.41) is 18.7. The zero-order chi connectivity index (χ0) is 12.6. The van der Waals surface area contributed by atoms with Crippen LogP contribution in [0, 0.1) is 24.7 Å². The molecule has 0 saturated heterocycles. The summed E-state index contributed by atoms with van der Waals surface area (Å²) in [5.41, 5.74) is 2.03. The Morgan fingerprint density at radius 2 is 2.24 bits per heavy atom. The number of hydrogen-bond acceptors (Lipinski definition) is 2. The van der Waals surface area contributed by atoms with Crippen molar-refractivity contribution in [2.24, 2.45) is 17.8 Å². The Bertz CT molecular complexity index is 419. The minimum atomic E-state index is -0.684. The van der Waals surface area contributed by atoms with Gasteiger partial charge in [0.05, 0.1) is 5.92 Å². The maximum Gasteiger partial charge on any atom is 0.306 e. The SMILES string of the molecule is Cc1cccc(O)c1CC(C)C1CC1C(=O)O. The van der Waals surface area contributed by atoms with Crippen LogP contribution in [-0.4, -0.2) is 16.2 Å². The molecule has 92 valence electrons. The van der Waals surface area contributed by atoms with E-state index in [0.717, 1.165) is 24.0 Å². The molecule has 0 aliphatic heterocycles. The topological polar surface area (TPSA) is 57.5 Å². The van der Waals surface area contributed by atoms with Gasteiger partial charge in [0.15, 0.2) is 0 Å². The first-order valence-corrected chi connectivity index (χ1v) is 6.01. The smallest absolute Gasteiger partial charge is 0.306 e. The Kier molecular flexibility index (Phi) is 3.09. The monoisotopic (exact) mass is 234 g/mol. The maximum absolute atomic E-state index is 10.8. The summed E-state index contributed by atoms with van der Waals surface area (Å²) in [6, 6.07) is 5.50.